The molecule has 2 aromatic carbocycles. The molecule has 0 bridgehead atoms. The van der Waals surface area contributed by atoms with Crippen LogP contribution in [0.5, 0.6) is 11.5 Å². The van der Waals surface area contributed by atoms with Crippen LogP contribution in [0.2, 0.25) is 0 Å². The Morgan fingerprint density at radius 1 is 1.03 bits per heavy atom. The van der Waals surface area contributed by atoms with E-state index in [1.165, 1.54) is 0 Å². The normalized spacial score (nSPS) is 18.4. The molecule has 0 radical (unpaired) electrons. The van der Waals surface area contributed by atoms with Crippen molar-refractivity contribution >= 4 is 11.4 Å². The highest BCUT2D eigenvalue weighted by atomic mass is 16.3. The van der Waals surface area contributed by atoms with Gasteiger partial charge in [-0.1, -0.05) is 32.0 Å². The zero-order valence-electron chi connectivity index (χ0n) is 17.3. The first-order valence-corrected chi connectivity index (χ1v) is 10.4. The number of nitrogens with one attached hydrogen (secondary N) is 1. The fourth-order valence-corrected chi connectivity index (χ4v) is 3.83. The van der Waals surface area contributed by atoms with Crippen LogP contribution < -0.4 is 5.32 Å². The van der Waals surface area contributed by atoms with Gasteiger partial charge in [-0.15, -0.1) is 0 Å². The van der Waals surface area contributed by atoms with Crippen molar-refractivity contribution in [2.75, 3.05) is 0 Å². The van der Waals surface area contributed by atoms with Gasteiger partial charge in [-0.05, 0) is 66.8 Å². The lowest BCUT2D eigenvalue weighted by Crippen LogP contribution is -2.47. The number of hydrogen-bond acceptors (Lipinski definition) is 5. The number of phenolic OH excluding ortho intramolecular Hbond substituents is 2. The molecule has 1 fully saturated rings. The van der Waals surface area contributed by atoms with Crippen LogP contribution >= 0.6 is 0 Å². The minimum atomic E-state index is 0.136. The van der Waals surface area contributed by atoms with Gasteiger partial charge < -0.3 is 15.5 Å². The topological polar surface area (TPSA) is 77.7 Å². The quantitative estimate of drug-likeness (QED) is 0.518. The molecular formula is C25H27N3O2. The van der Waals surface area contributed by atoms with Crippen LogP contribution in [0.3, 0.4) is 0 Å². The molecule has 2 atom stereocenters. The minimum Gasteiger partial charge on any atom is -0.508 e. The smallest absolute Gasteiger partial charge is 0.125 e. The predicted molar refractivity (Wildman–Crippen MR) is 120 cm³/mol. The first kappa shape index (κ1) is 20.1. The summed E-state index contributed by atoms with van der Waals surface area (Å²) in [4.78, 5) is 9.20. The molecule has 0 amide bonds. The molecule has 3 aromatic rings. The Morgan fingerprint density at radius 3 is 2.57 bits per heavy atom. The van der Waals surface area contributed by atoms with Crippen molar-refractivity contribution < 1.29 is 10.2 Å². The summed E-state index contributed by atoms with van der Waals surface area (Å²) in [6.07, 6.45) is 3.70. The Morgan fingerprint density at radius 2 is 1.90 bits per heavy atom. The monoisotopic (exact) mass is 401 g/mol. The molecule has 1 aromatic heterocycles. The number of pyridine rings is 1. The molecule has 5 heteroatoms. The van der Waals surface area contributed by atoms with Gasteiger partial charge in [0.2, 0.25) is 0 Å². The Kier molecular flexibility index (Phi) is 5.81. The summed E-state index contributed by atoms with van der Waals surface area (Å²) in [7, 11) is 0. The van der Waals surface area contributed by atoms with E-state index < -0.39 is 0 Å². The highest BCUT2D eigenvalue weighted by Gasteiger charge is 2.30. The van der Waals surface area contributed by atoms with E-state index in [1.807, 2.05) is 48.5 Å². The molecule has 0 aliphatic heterocycles. The van der Waals surface area contributed by atoms with Crippen LogP contribution in [0, 0.1) is 5.92 Å². The molecule has 1 aliphatic carbocycles. The minimum absolute atomic E-state index is 0.136. The third-order valence-electron chi connectivity index (χ3n) is 5.56. The van der Waals surface area contributed by atoms with Gasteiger partial charge in [0.05, 0.1) is 11.4 Å². The third kappa shape index (κ3) is 4.36. The number of benzene rings is 2. The Hall–Kier alpha value is -3.18. The van der Waals surface area contributed by atoms with Gasteiger partial charge in [0.1, 0.15) is 11.5 Å². The van der Waals surface area contributed by atoms with E-state index in [4.69, 9.17) is 4.99 Å². The second kappa shape index (κ2) is 8.67. The fourth-order valence-electron chi connectivity index (χ4n) is 3.83. The highest BCUT2D eigenvalue weighted by molar-refractivity contribution is 5.97. The van der Waals surface area contributed by atoms with Gasteiger partial charge in [0.25, 0.3) is 0 Å². The summed E-state index contributed by atoms with van der Waals surface area (Å²) >= 11 is 0. The maximum absolute atomic E-state index is 10.3. The maximum atomic E-state index is 10.3. The van der Waals surface area contributed by atoms with Crippen molar-refractivity contribution in [2.45, 2.75) is 38.8 Å². The van der Waals surface area contributed by atoms with E-state index in [-0.39, 0.29) is 23.6 Å². The Labute approximate surface area is 177 Å². The first-order valence-electron chi connectivity index (χ1n) is 10.4. The molecule has 0 spiro atoms. The number of aromatic hydroxyl groups is 2. The van der Waals surface area contributed by atoms with Crippen LogP contribution in [0.4, 0.5) is 5.69 Å². The van der Waals surface area contributed by atoms with Crippen molar-refractivity contribution in [2.24, 2.45) is 10.9 Å². The zero-order chi connectivity index (χ0) is 21.1. The summed E-state index contributed by atoms with van der Waals surface area (Å²) in [5.74, 6) is 0.858. The number of aromatic nitrogens is 1. The Balaban J connectivity index is 1.55. The van der Waals surface area contributed by atoms with Crippen molar-refractivity contribution in [1.29, 1.82) is 0 Å². The number of phenols is 2. The van der Waals surface area contributed by atoms with Crippen LogP contribution in [0.1, 0.15) is 38.3 Å². The summed E-state index contributed by atoms with van der Waals surface area (Å²) in [5, 5.41) is 23.8. The molecule has 5 nitrogen and oxygen atoms in total. The maximum Gasteiger partial charge on any atom is 0.125 e. The van der Waals surface area contributed by atoms with E-state index in [0.29, 0.717) is 11.5 Å². The number of rotatable bonds is 6. The van der Waals surface area contributed by atoms with Gasteiger partial charge in [-0.2, -0.15) is 0 Å². The molecule has 1 saturated carbocycles. The van der Waals surface area contributed by atoms with Crippen LogP contribution in [0.15, 0.2) is 71.9 Å². The molecule has 1 unspecified atom stereocenters. The molecular weight excluding hydrogens is 374 g/mol. The first-order chi connectivity index (χ1) is 14.5. The van der Waals surface area contributed by atoms with Gasteiger partial charge in [0, 0.05) is 29.6 Å². The largest absolute Gasteiger partial charge is 0.508 e. The predicted octanol–water partition coefficient (Wildman–Crippen LogP) is 5.38. The SMILES string of the molecule is CC(C)[C@@H](NC1CCC1=Nc1ccc(O)c(-c2ccccn2)c1)c1cccc(O)c1. The van der Waals surface area contributed by atoms with E-state index in [1.54, 1.807) is 18.3 Å². The average Bonchev–Trinajstić information content (AvgIpc) is 2.73. The van der Waals surface area contributed by atoms with Crippen molar-refractivity contribution in [3.05, 3.63) is 72.4 Å². The van der Waals surface area contributed by atoms with Crippen LogP contribution in [0.25, 0.3) is 11.3 Å². The Bertz CT molecular complexity index is 1050. The van der Waals surface area contributed by atoms with Gasteiger partial charge in [-0.3, -0.25) is 9.98 Å². The fraction of sp³-hybridized carbons (Fsp3) is 0.280. The summed E-state index contributed by atoms with van der Waals surface area (Å²) in [6, 6.07) is 18.8. The second-order valence-corrected chi connectivity index (χ2v) is 8.09. The van der Waals surface area contributed by atoms with E-state index in [9.17, 15) is 10.2 Å². The van der Waals surface area contributed by atoms with Gasteiger partial charge in [0.15, 0.2) is 0 Å². The van der Waals surface area contributed by atoms with Crippen LogP contribution in [-0.2, 0) is 0 Å². The van der Waals surface area contributed by atoms with Gasteiger partial charge in [-0.25, -0.2) is 0 Å². The second-order valence-electron chi connectivity index (χ2n) is 8.09. The average molecular weight is 402 g/mol. The molecule has 1 heterocycles. The van der Waals surface area contributed by atoms with E-state index in [2.05, 4.69) is 24.1 Å². The summed E-state index contributed by atoms with van der Waals surface area (Å²) in [5.41, 5.74) is 4.41. The van der Waals surface area contributed by atoms with Crippen molar-refractivity contribution in [1.82, 2.24) is 10.3 Å². The number of nitrogens with zero attached hydrogens (tertiary/aromatic N) is 2. The number of aliphatic imine (C=N–C) groups is 1. The highest BCUT2D eigenvalue weighted by Crippen LogP contribution is 2.33. The molecule has 154 valence electrons. The molecule has 3 N–H and O–H groups in total. The molecule has 30 heavy (non-hydrogen) atoms. The third-order valence-corrected chi connectivity index (χ3v) is 5.56. The standard InChI is InChI=1S/C25H27N3O2/c1-16(2)25(17-6-5-7-19(29)14-17)28-23-11-10-22(23)27-18-9-12-24(30)20(15-18)21-8-3-4-13-26-21/h3-9,12-16,23,25,28-30H,10-11H2,1-2H3/t23?,25-/m1/s1. The molecule has 1 aliphatic rings. The number of hydrogen-bond donors (Lipinski definition) is 3. The van der Waals surface area contributed by atoms with Crippen molar-refractivity contribution in [3.8, 4) is 22.8 Å². The van der Waals surface area contributed by atoms with E-state index >= 15 is 0 Å². The lowest BCUT2D eigenvalue weighted by molar-refractivity contribution is 0.367. The van der Waals surface area contributed by atoms with Crippen molar-refractivity contribution in [3.63, 3.8) is 0 Å². The zero-order valence-corrected chi connectivity index (χ0v) is 17.3. The van der Waals surface area contributed by atoms with Crippen LogP contribution in [-0.4, -0.2) is 27.0 Å². The van der Waals surface area contributed by atoms with E-state index in [0.717, 1.165) is 35.5 Å². The molecule has 4 rings (SSSR count). The summed E-state index contributed by atoms with van der Waals surface area (Å²) in [6.45, 7) is 4.35. The van der Waals surface area contributed by atoms with Gasteiger partial charge >= 0.3 is 0 Å². The summed E-state index contributed by atoms with van der Waals surface area (Å²) < 4.78 is 0. The lowest BCUT2D eigenvalue weighted by Gasteiger charge is -2.35. The lowest BCUT2D eigenvalue weighted by atomic mass is 9.86. The molecule has 0 saturated heterocycles.